The van der Waals surface area contributed by atoms with Gasteiger partial charge in [-0.1, -0.05) is 13.8 Å². The Morgan fingerprint density at radius 3 is 1.83 bits per heavy atom. The van der Waals surface area contributed by atoms with Gasteiger partial charge in [0, 0.05) is 12.8 Å². The molecule has 0 heterocycles. The van der Waals surface area contributed by atoms with Crippen molar-refractivity contribution in [3.05, 3.63) is 0 Å². The molecule has 2 heteroatoms. The minimum absolute atomic E-state index is 0.123. The molecule has 0 spiro atoms. The molecule has 2 fully saturated rings. The molecule has 2 aliphatic carbocycles. The molecule has 0 amide bonds. The molecule has 2 saturated carbocycles. The quantitative estimate of drug-likeness (QED) is 0.527. The van der Waals surface area contributed by atoms with Gasteiger partial charge in [0.15, 0.2) is 0 Å². The van der Waals surface area contributed by atoms with Gasteiger partial charge in [0.1, 0.15) is 0 Å². The van der Waals surface area contributed by atoms with Crippen molar-refractivity contribution in [1.82, 2.24) is 0 Å². The summed E-state index contributed by atoms with van der Waals surface area (Å²) in [5, 5.41) is 0. The molecule has 0 nitrogen and oxygen atoms in total. The first kappa shape index (κ1) is 8.46. The number of halogens is 2. The molecule has 0 aromatic carbocycles. The third-order valence-corrected chi connectivity index (χ3v) is 3.93. The predicted molar refractivity (Wildman–Crippen MR) is 44.2 cm³/mol. The van der Waals surface area contributed by atoms with E-state index in [2.05, 4.69) is 13.8 Å². The summed E-state index contributed by atoms with van der Waals surface area (Å²) in [5.41, 5.74) is 0.372. The summed E-state index contributed by atoms with van der Waals surface area (Å²) in [6, 6.07) is 0. The van der Waals surface area contributed by atoms with Gasteiger partial charge in [0.25, 0.3) is 0 Å². The average molecular weight is 174 g/mol. The Balaban J connectivity index is 2.01. The Bertz CT molecular complexity index is 176. The lowest BCUT2D eigenvalue weighted by molar-refractivity contribution is -0.0189. The van der Waals surface area contributed by atoms with Crippen molar-refractivity contribution in [2.45, 2.75) is 45.5 Å². The molecule has 0 aliphatic heterocycles. The Morgan fingerprint density at radius 2 is 1.42 bits per heavy atom. The summed E-state index contributed by atoms with van der Waals surface area (Å²) in [6.45, 7) is 4.43. The smallest absolute Gasteiger partial charge is 0.207 e. The van der Waals surface area contributed by atoms with Crippen LogP contribution < -0.4 is 0 Å². The summed E-state index contributed by atoms with van der Waals surface area (Å²) in [6.07, 6.45) is 1.73. The van der Waals surface area contributed by atoms with Gasteiger partial charge in [0.05, 0.1) is 0 Å². The van der Waals surface area contributed by atoms with Crippen molar-refractivity contribution in [2.24, 2.45) is 17.3 Å². The van der Waals surface area contributed by atoms with Crippen LogP contribution in [0.25, 0.3) is 0 Å². The molecule has 0 saturated heterocycles. The maximum Gasteiger partial charge on any atom is 0.248 e. The van der Waals surface area contributed by atoms with Crippen molar-refractivity contribution in [2.75, 3.05) is 0 Å². The van der Waals surface area contributed by atoms with Crippen LogP contribution in [0.15, 0.2) is 0 Å². The van der Waals surface area contributed by atoms with E-state index in [1.807, 2.05) is 0 Å². The van der Waals surface area contributed by atoms with Crippen LogP contribution in [0.4, 0.5) is 8.78 Å². The first-order chi connectivity index (χ1) is 5.43. The molecular formula is C10H16F2. The molecule has 0 aromatic heterocycles. The van der Waals surface area contributed by atoms with E-state index < -0.39 is 5.92 Å². The monoisotopic (exact) mass is 174 g/mol. The van der Waals surface area contributed by atoms with Crippen molar-refractivity contribution in [3.8, 4) is 0 Å². The Kier molecular flexibility index (Phi) is 1.56. The lowest BCUT2D eigenvalue weighted by atomic mass is 9.99. The first-order valence-electron chi connectivity index (χ1n) is 4.81. The molecule has 0 unspecified atom stereocenters. The zero-order chi connectivity index (χ0) is 8.98. The van der Waals surface area contributed by atoms with Gasteiger partial charge in [0.2, 0.25) is 5.92 Å². The van der Waals surface area contributed by atoms with E-state index in [9.17, 15) is 8.78 Å². The highest BCUT2D eigenvalue weighted by molar-refractivity contribution is 5.06. The maximum absolute atomic E-state index is 12.9. The van der Waals surface area contributed by atoms with Crippen molar-refractivity contribution >= 4 is 0 Å². The zero-order valence-corrected chi connectivity index (χ0v) is 7.74. The SMILES string of the molecule is CC1(C)[C@@H]2CCC(F)(F)CC[C@@H]21. The molecule has 0 radical (unpaired) electrons. The van der Waals surface area contributed by atoms with Crippen LogP contribution in [0, 0.1) is 17.3 Å². The summed E-state index contributed by atoms with van der Waals surface area (Å²) in [5.74, 6) is -1.18. The third-order valence-electron chi connectivity index (χ3n) is 3.93. The number of alkyl halides is 2. The van der Waals surface area contributed by atoms with Gasteiger partial charge in [-0.05, 0) is 30.1 Å². The second-order valence-electron chi connectivity index (χ2n) is 4.97. The molecule has 2 rings (SSSR count). The van der Waals surface area contributed by atoms with Gasteiger partial charge in [-0.25, -0.2) is 8.78 Å². The lowest BCUT2D eigenvalue weighted by Gasteiger charge is -2.15. The summed E-state index contributed by atoms with van der Waals surface area (Å²) >= 11 is 0. The second kappa shape index (κ2) is 2.21. The fourth-order valence-electron chi connectivity index (χ4n) is 2.86. The normalized spacial score (nSPS) is 43.0. The van der Waals surface area contributed by atoms with Crippen LogP contribution in [0.5, 0.6) is 0 Å². The van der Waals surface area contributed by atoms with Crippen LogP contribution >= 0.6 is 0 Å². The number of hydrogen-bond acceptors (Lipinski definition) is 0. The molecule has 0 N–H and O–H groups in total. The van der Waals surface area contributed by atoms with E-state index in [4.69, 9.17) is 0 Å². The fraction of sp³-hybridized carbons (Fsp3) is 1.00. The van der Waals surface area contributed by atoms with E-state index in [0.717, 1.165) is 12.8 Å². The Hall–Kier alpha value is -0.140. The van der Waals surface area contributed by atoms with E-state index >= 15 is 0 Å². The average Bonchev–Trinajstić information content (AvgIpc) is 2.49. The third kappa shape index (κ3) is 1.16. The second-order valence-corrected chi connectivity index (χ2v) is 4.97. The molecule has 2 aliphatic rings. The van der Waals surface area contributed by atoms with E-state index in [1.165, 1.54) is 0 Å². The zero-order valence-electron chi connectivity index (χ0n) is 7.74. The highest BCUT2D eigenvalue weighted by Crippen LogP contribution is 2.65. The highest BCUT2D eigenvalue weighted by atomic mass is 19.3. The fourth-order valence-corrected chi connectivity index (χ4v) is 2.86. The van der Waals surface area contributed by atoms with Gasteiger partial charge in [-0.3, -0.25) is 0 Å². The molecule has 0 aromatic rings. The van der Waals surface area contributed by atoms with Gasteiger partial charge in [-0.2, -0.15) is 0 Å². The molecule has 12 heavy (non-hydrogen) atoms. The molecule has 70 valence electrons. The number of rotatable bonds is 0. The Labute approximate surface area is 72.3 Å². The van der Waals surface area contributed by atoms with Crippen LogP contribution in [0.2, 0.25) is 0 Å². The van der Waals surface area contributed by atoms with Crippen LogP contribution in [-0.4, -0.2) is 5.92 Å². The minimum Gasteiger partial charge on any atom is -0.207 e. The number of fused-ring (bicyclic) bond motifs is 1. The summed E-state index contributed by atoms with van der Waals surface area (Å²) in [4.78, 5) is 0. The van der Waals surface area contributed by atoms with Crippen molar-refractivity contribution in [1.29, 1.82) is 0 Å². The van der Waals surface area contributed by atoms with Gasteiger partial charge >= 0.3 is 0 Å². The standard InChI is InChI=1S/C10H16F2/c1-9(2)7-3-5-10(11,12)6-4-8(7)9/h7-8H,3-6H2,1-2H3/t7-,8+. The molecule has 0 bridgehead atoms. The molecular weight excluding hydrogens is 158 g/mol. The maximum atomic E-state index is 12.9. The largest absolute Gasteiger partial charge is 0.248 e. The highest BCUT2D eigenvalue weighted by Gasteiger charge is 2.59. The van der Waals surface area contributed by atoms with E-state index in [0.29, 0.717) is 17.3 Å². The Morgan fingerprint density at radius 1 is 1.00 bits per heavy atom. The topological polar surface area (TPSA) is 0 Å². The van der Waals surface area contributed by atoms with Crippen LogP contribution in [-0.2, 0) is 0 Å². The number of hydrogen-bond donors (Lipinski definition) is 0. The van der Waals surface area contributed by atoms with Gasteiger partial charge < -0.3 is 0 Å². The first-order valence-corrected chi connectivity index (χ1v) is 4.81. The van der Waals surface area contributed by atoms with Crippen molar-refractivity contribution < 1.29 is 8.78 Å². The lowest BCUT2D eigenvalue weighted by Crippen LogP contribution is -2.15. The van der Waals surface area contributed by atoms with E-state index in [1.54, 1.807) is 0 Å². The van der Waals surface area contributed by atoms with Crippen molar-refractivity contribution in [3.63, 3.8) is 0 Å². The summed E-state index contributed by atoms with van der Waals surface area (Å²) in [7, 11) is 0. The van der Waals surface area contributed by atoms with Gasteiger partial charge in [-0.15, -0.1) is 0 Å². The van der Waals surface area contributed by atoms with E-state index in [-0.39, 0.29) is 12.8 Å². The predicted octanol–water partition coefficient (Wildman–Crippen LogP) is 3.47. The summed E-state index contributed by atoms with van der Waals surface area (Å²) < 4.78 is 25.8. The molecule has 2 atom stereocenters. The van der Waals surface area contributed by atoms with Crippen LogP contribution in [0.1, 0.15) is 39.5 Å². The van der Waals surface area contributed by atoms with Crippen LogP contribution in [0.3, 0.4) is 0 Å². The minimum atomic E-state index is -2.36.